The number of hydrogen-bond donors (Lipinski definition) is 0. The van der Waals surface area contributed by atoms with E-state index in [0.717, 1.165) is 18.2 Å². The first-order chi connectivity index (χ1) is 8.69. The molecule has 0 spiro atoms. The first-order valence-corrected chi connectivity index (χ1v) is 7.49. The average molecular weight is 312 g/mol. The van der Waals surface area contributed by atoms with Crippen LogP contribution >= 0.6 is 15.9 Å². The Balaban J connectivity index is 1.94. The predicted molar refractivity (Wildman–Crippen MR) is 79.0 cm³/mol. The van der Waals surface area contributed by atoms with Gasteiger partial charge in [0.15, 0.2) is 0 Å². The molecule has 0 N–H and O–H groups in total. The standard InChI is InChI=1S/C15H22BrNO/c1-17(10-12-5-3-4-6-12)11-13-9-14(18-2)7-8-15(13)16/h7-9,12H,3-6,10-11H2,1-2H3. The van der Waals surface area contributed by atoms with Crippen molar-refractivity contribution in [3.05, 3.63) is 28.2 Å². The topological polar surface area (TPSA) is 12.5 Å². The summed E-state index contributed by atoms with van der Waals surface area (Å²) in [6, 6.07) is 6.18. The minimum Gasteiger partial charge on any atom is -0.497 e. The summed E-state index contributed by atoms with van der Waals surface area (Å²) < 4.78 is 6.45. The van der Waals surface area contributed by atoms with E-state index in [9.17, 15) is 0 Å². The molecular formula is C15H22BrNO. The average Bonchev–Trinajstić information content (AvgIpc) is 2.84. The fourth-order valence-electron chi connectivity index (χ4n) is 2.79. The smallest absolute Gasteiger partial charge is 0.119 e. The number of methoxy groups -OCH3 is 1. The molecule has 0 aliphatic heterocycles. The van der Waals surface area contributed by atoms with Crippen LogP contribution in [0.4, 0.5) is 0 Å². The summed E-state index contributed by atoms with van der Waals surface area (Å²) in [6.45, 7) is 2.19. The van der Waals surface area contributed by atoms with Gasteiger partial charge in [-0.1, -0.05) is 28.8 Å². The summed E-state index contributed by atoms with van der Waals surface area (Å²) in [6.07, 6.45) is 5.65. The van der Waals surface area contributed by atoms with Crippen molar-refractivity contribution in [2.75, 3.05) is 20.7 Å². The van der Waals surface area contributed by atoms with E-state index in [1.54, 1.807) is 7.11 Å². The Morgan fingerprint density at radius 2 is 2.06 bits per heavy atom. The Labute approximate surface area is 118 Å². The third kappa shape index (κ3) is 3.72. The molecule has 0 radical (unpaired) electrons. The Kier molecular flexibility index (Phi) is 5.07. The van der Waals surface area contributed by atoms with Crippen molar-refractivity contribution >= 4 is 15.9 Å². The third-order valence-electron chi connectivity index (χ3n) is 3.74. The monoisotopic (exact) mass is 311 g/mol. The lowest BCUT2D eigenvalue weighted by atomic mass is 10.1. The second kappa shape index (κ2) is 6.58. The van der Waals surface area contributed by atoms with Gasteiger partial charge in [0.05, 0.1) is 7.11 Å². The minimum atomic E-state index is 0.902. The van der Waals surface area contributed by atoms with E-state index in [1.165, 1.54) is 42.3 Å². The highest BCUT2D eigenvalue weighted by atomic mass is 79.9. The summed E-state index contributed by atoms with van der Waals surface area (Å²) in [5.74, 6) is 1.84. The number of benzene rings is 1. The molecule has 1 aliphatic rings. The fraction of sp³-hybridized carbons (Fsp3) is 0.600. The van der Waals surface area contributed by atoms with Crippen molar-refractivity contribution in [3.63, 3.8) is 0 Å². The van der Waals surface area contributed by atoms with Crippen LogP contribution in [0, 0.1) is 5.92 Å². The minimum absolute atomic E-state index is 0.902. The number of hydrogen-bond acceptors (Lipinski definition) is 2. The molecule has 100 valence electrons. The first kappa shape index (κ1) is 13.9. The van der Waals surface area contributed by atoms with E-state index in [0.29, 0.717) is 0 Å². The van der Waals surface area contributed by atoms with Crippen LogP contribution in [0.15, 0.2) is 22.7 Å². The van der Waals surface area contributed by atoms with Gasteiger partial charge in [-0.05, 0) is 49.6 Å². The van der Waals surface area contributed by atoms with Crippen LogP contribution in [0.5, 0.6) is 5.75 Å². The molecule has 0 amide bonds. The molecule has 1 aliphatic carbocycles. The van der Waals surface area contributed by atoms with Gasteiger partial charge in [0, 0.05) is 17.6 Å². The highest BCUT2D eigenvalue weighted by Crippen LogP contribution is 2.27. The Hall–Kier alpha value is -0.540. The van der Waals surface area contributed by atoms with E-state index in [-0.39, 0.29) is 0 Å². The van der Waals surface area contributed by atoms with Gasteiger partial charge >= 0.3 is 0 Å². The van der Waals surface area contributed by atoms with E-state index < -0.39 is 0 Å². The zero-order valence-electron chi connectivity index (χ0n) is 11.3. The number of halogens is 1. The van der Waals surface area contributed by atoms with Crippen molar-refractivity contribution in [1.82, 2.24) is 4.90 Å². The van der Waals surface area contributed by atoms with Crippen LogP contribution in [-0.4, -0.2) is 25.6 Å². The van der Waals surface area contributed by atoms with Crippen LogP contribution in [0.25, 0.3) is 0 Å². The molecule has 2 rings (SSSR count). The van der Waals surface area contributed by atoms with Crippen molar-refractivity contribution in [2.45, 2.75) is 32.2 Å². The van der Waals surface area contributed by atoms with Gasteiger partial charge in [0.25, 0.3) is 0 Å². The van der Waals surface area contributed by atoms with Crippen molar-refractivity contribution < 1.29 is 4.74 Å². The zero-order valence-corrected chi connectivity index (χ0v) is 12.9. The zero-order chi connectivity index (χ0) is 13.0. The number of rotatable bonds is 5. The van der Waals surface area contributed by atoms with Crippen molar-refractivity contribution in [2.24, 2.45) is 5.92 Å². The Bertz CT molecular complexity index is 388. The first-order valence-electron chi connectivity index (χ1n) is 6.70. The largest absolute Gasteiger partial charge is 0.497 e. The molecule has 1 saturated carbocycles. The van der Waals surface area contributed by atoms with E-state index in [2.05, 4.69) is 40.0 Å². The molecule has 0 heterocycles. The highest BCUT2D eigenvalue weighted by molar-refractivity contribution is 9.10. The third-order valence-corrected chi connectivity index (χ3v) is 4.51. The van der Waals surface area contributed by atoms with Gasteiger partial charge in [-0.15, -0.1) is 0 Å². The molecule has 2 nitrogen and oxygen atoms in total. The van der Waals surface area contributed by atoms with Gasteiger partial charge in [-0.3, -0.25) is 0 Å². The molecule has 1 fully saturated rings. The van der Waals surface area contributed by atoms with Crippen LogP contribution < -0.4 is 4.74 Å². The van der Waals surface area contributed by atoms with Crippen LogP contribution in [-0.2, 0) is 6.54 Å². The van der Waals surface area contributed by atoms with Crippen LogP contribution in [0.3, 0.4) is 0 Å². The van der Waals surface area contributed by atoms with Gasteiger partial charge in [0.2, 0.25) is 0 Å². The molecule has 0 atom stereocenters. The van der Waals surface area contributed by atoms with Gasteiger partial charge in [-0.25, -0.2) is 0 Å². The van der Waals surface area contributed by atoms with E-state index >= 15 is 0 Å². The number of ether oxygens (including phenoxy) is 1. The molecule has 0 bridgehead atoms. The maximum Gasteiger partial charge on any atom is 0.119 e. The van der Waals surface area contributed by atoms with E-state index in [1.807, 2.05) is 6.07 Å². The quantitative estimate of drug-likeness (QED) is 0.812. The van der Waals surface area contributed by atoms with Crippen LogP contribution in [0.2, 0.25) is 0 Å². The molecular weight excluding hydrogens is 290 g/mol. The lowest BCUT2D eigenvalue weighted by molar-refractivity contribution is 0.270. The SMILES string of the molecule is COc1ccc(Br)c(CN(C)CC2CCCC2)c1. The van der Waals surface area contributed by atoms with Crippen molar-refractivity contribution in [3.8, 4) is 5.75 Å². The molecule has 0 aromatic heterocycles. The molecule has 0 saturated heterocycles. The molecule has 1 aromatic rings. The van der Waals surface area contributed by atoms with Gasteiger partial charge in [0.1, 0.15) is 5.75 Å². The maximum absolute atomic E-state index is 5.29. The molecule has 3 heteroatoms. The van der Waals surface area contributed by atoms with E-state index in [4.69, 9.17) is 4.74 Å². The molecule has 1 aromatic carbocycles. The Morgan fingerprint density at radius 3 is 2.72 bits per heavy atom. The lowest BCUT2D eigenvalue weighted by Gasteiger charge is -2.21. The maximum atomic E-state index is 5.29. The molecule has 0 unspecified atom stereocenters. The van der Waals surface area contributed by atoms with Gasteiger partial charge < -0.3 is 9.64 Å². The predicted octanol–water partition coefficient (Wildman–Crippen LogP) is 4.08. The fourth-order valence-corrected chi connectivity index (χ4v) is 3.16. The summed E-state index contributed by atoms with van der Waals surface area (Å²) in [4.78, 5) is 2.43. The molecule has 18 heavy (non-hydrogen) atoms. The lowest BCUT2D eigenvalue weighted by Crippen LogP contribution is -2.24. The second-order valence-corrected chi connectivity index (χ2v) is 6.16. The van der Waals surface area contributed by atoms with Gasteiger partial charge in [-0.2, -0.15) is 0 Å². The second-order valence-electron chi connectivity index (χ2n) is 5.30. The highest BCUT2D eigenvalue weighted by Gasteiger charge is 2.17. The summed E-state index contributed by atoms with van der Waals surface area (Å²) in [7, 11) is 3.93. The normalized spacial score (nSPS) is 16.4. The summed E-state index contributed by atoms with van der Waals surface area (Å²) in [5.41, 5.74) is 1.30. The summed E-state index contributed by atoms with van der Waals surface area (Å²) in [5, 5.41) is 0. The summed E-state index contributed by atoms with van der Waals surface area (Å²) >= 11 is 3.62. The number of nitrogens with zero attached hydrogens (tertiary/aromatic N) is 1. The van der Waals surface area contributed by atoms with Crippen LogP contribution in [0.1, 0.15) is 31.2 Å². The van der Waals surface area contributed by atoms with Crippen molar-refractivity contribution in [1.29, 1.82) is 0 Å². The Morgan fingerprint density at radius 1 is 1.33 bits per heavy atom.